The van der Waals surface area contributed by atoms with Crippen LogP contribution in [0.1, 0.15) is 32.7 Å². The first-order chi connectivity index (χ1) is 12.1. The Kier molecular flexibility index (Phi) is 3.77. The van der Waals surface area contributed by atoms with E-state index in [1.165, 1.54) is 24.3 Å². The van der Waals surface area contributed by atoms with Crippen LogP contribution in [0.5, 0.6) is 0 Å². The van der Waals surface area contributed by atoms with E-state index in [0.717, 1.165) is 5.56 Å². The fraction of sp³-hybridized carbons (Fsp3) is 0.263. The number of likely N-dealkylation sites (tertiary alicyclic amines) is 1. The van der Waals surface area contributed by atoms with E-state index in [2.05, 4.69) is 5.32 Å². The fourth-order valence-corrected chi connectivity index (χ4v) is 3.34. The van der Waals surface area contributed by atoms with Gasteiger partial charge in [-0.05, 0) is 35.9 Å². The molecule has 2 aromatic rings. The second kappa shape index (κ2) is 5.97. The summed E-state index contributed by atoms with van der Waals surface area (Å²) in [7, 11) is 0. The van der Waals surface area contributed by atoms with Crippen molar-refractivity contribution < 1.29 is 18.7 Å². The Morgan fingerprint density at radius 3 is 2.72 bits per heavy atom. The van der Waals surface area contributed by atoms with Gasteiger partial charge in [-0.2, -0.15) is 0 Å². The molecule has 1 spiro atoms. The lowest BCUT2D eigenvalue weighted by molar-refractivity contribution is -0.0613. The molecule has 6 heteroatoms. The molecule has 2 heterocycles. The van der Waals surface area contributed by atoms with Crippen LogP contribution in [-0.2, 0) is 11.3 Å². The number of hydrogen-bond acceptors (Lipinski definition) is 3. The monoisotopic (exact) mass is 340 g/mol. The smallest absolute Gasteiger partial charge is 0.254 e. The largest absolute Gasteiger partial charge is 0.349 e. The summed E-state index contributed by atoms with van der Waals surface area (Å²) in [6.07, 6.45) is 0.514. The number of ether oxygens (including phenoxy) is 1. The van der Waals surface area contributed by atoms with Crippen molar-refractivity contribution in [2.45, 2.75) is 18.8 Å². The topological polar surface area (TPSA) is 58.6 Å². The van der Waals surface area contributed by atoms with E-state index in [4.69, 9.17) is 4.74 Å². The number of nitrogens with one attached hydrogen (secondary N) is 1. The molecular weight excluding hydrogens is 323 g/mol. The zero-order valence-electron chi connectivity index (χ0n) is 13.5. The van der Waals surface area contributed by atoms with Gasteiger partial charge in [-0.1, -0.05) is 18.2 Å². The van der Waals surface area contributed by atoms with Crippen LogP contribution in [0.15, 0.2) is 48.5 Å². The van der Waals surface area contributed by atoms with Crippen LogP contribution in [-0.4, -0.2) is 35.5 Å². The summed E-state index contributed by atoms with van der Waals surface area (Å²) >= 11 is 0. The molecule has 1 unspecified atom stereocenters. The van der Waals surface area contributed by atoms with Gasteiger partial charge in [-0.25, -0.2) is 4.39 Å². The Hall–Kier alpha value is -2.73. The standard InChI is InChI=1S/C19H17FN2O3/c20-15-7-5-13(6-8-15)18(24)22-10-9-19(12-22)21-17(23)16-4-2-1-3-14(16)11-25-19/h1-8H,9-12H2,(H,21,23). The van der Waals surface area contributed by atoms with Crippen LogP contribution in [0.25, 0.3) is 0 Å². The Morgan fingerprint density at radius 1 is 1.16 bits per heavy atom. The Balaban J connectivity index is 1.53. The zero-order valence-corrected chi connectivity index (χ0v) is 13.5. The van der Waals surface area contributed by atoms with Crippen molar-refractivity contribution in [2.24, 2.45) is 0 Å². The van der Waals surface area contributed by atoms with Crippen LogP contribution < -0.4 is 5.32 Å². The highest BCUT2D eigenvalue weighted by molar-refractivity contribution is 5.97. The van der Waals surface area contributed by atoms with Crippen molar-refractivity contribution in [2.75, 3.05) is 13.1 Å². The molecule has 1 atom stereocenters. The minimum atomic E-state index is -0.883. The molecule has 0 bridgehead atoms. The van der Waals surface area contributed by atoms with E-state index in [1.807, 2.05) is 18.2 Å². The maximum atomic E-state index is 13.0. The van der Waals surface area contributed by atoms with Crippen LogP contribution in [0.3, 0.4) is 0 Å². The minimum Gasteiger partial charge on any atom is -0.349 e. The van der Waals surface area contributed by atoms with Gasteiger partial charge in [0.1, 0.15) is 5.82 Å². The summed E-state index contributed by atoms with van der Waals surface area (Å²) in [5, 5.41) is 2.94. The van der Waals surface area contributed by atoms with Gasteiger partial charge in [0.05, 0.1) is 13.2 Å². The molecule has 2 amide bonds. The first-order valence-corrected chi connectivity index (χ1v) is 8.16. The molecule has 0 aromatic heterocycles. The van der Waals surface area contributed by atoms with Gasteiger partial charge in [0.15, 0.2) is 5.72 Å². The zero-order chi connectivity index (χ0) is 17.4. The maximum absolute atomic E-state index is 13.0. The number of nitrogens with zero attached hydrogens (tertiary/aromatic N) is 1. The molecule has 128 valence electrons. The number of carbonyl (C=O) groups is 2. The van der Waals surface area contributed by atoms with Crippen molar-refractivity contribution in [3.8, 4) is 0 Å². The summed E-state index contributed by atoms with van der Waals surface area (Å²) in [6, 6.07) is 12.8. The molecule has 25 heavy (non-hydrogen) atoms. The summed E-state index contributed by atoms with van der Waals surface area (Å²) in [4.78, 5) is 26.7. The van der Waals surface area contributed by atoms with E-state index >= 15 is 0 Å². The number of benzene rings is 2. The number of halogens is 1. The lowest BCUT2D eigenvalue weighted by Gasteiger charge is -2.28. The summed E-state index contributed by atoms with van der Waals surface area (Å²) in [5.41, 5.74) is 0.968. The molecule has 1 fully saturated rings. The third-order valence-electron chi connectivity index (χ3n) is 4.72. The lowest BCUT2D eigenvalue weighted by Crippen LogP contribution is -2.51. The second-order valence-corrected chi connectivity index (χ2v) is 6.38. The van der Waals surface area contributed by atoms with Gasteiger partial charge in [0.25, 0.3) is 11.8 Å². The Morgan fingerprint density at radius 2 is 1.92 bits per heavy atom. The van der Waals surface area contributed by atoms with E-state index in [-0.39, 0.29) is 24.2 Å². The average molecular weight is 340 g/mol. The van der Waals surface area contributed by atoms with E-state index < -0.39 is 5.72 Å². The number of carbonyl (C=O) groups excluding carboxylic acids is 2. The van der Waals surface area contributed by atoms with E-state index in [0.29, 0.717) is 30.7 Å². The normalized spacial score (nSPS) is 22.4. The molecule has 1 N–H and O–H groups in total. The van der Waals surface area contributed by atoms with Crippen molar-refractivity contribution in [1.29, 1.82) is 0 Å². The number of amides is 2. The molecule has 2 aliphatic heterocycles. The average Bonchev–Trinajstić information content (AvgIpc) is 2.98. The van der Waals surface area contributed by atoms with Crippen LogP contribution in [0.4, 0.5) is 4.39 Å². The number of fused-ring (bicyclic) bond motifs is 1. The molecule has 2 aromatic carbocycles. The van der Waals surface area contributed by atoms with Crippen LogP contribution >= 0.6 is 0 Å². The van der Waals surface area contributed by atoms with Crippen molar-refractivity contribution >= 4 is 11.8 Å². The molecule has 0 radical (unpaired) electrons. The second-order valence-electron chi connectivity index (χ2n) is 6.38. The quantitative estimate of drug-likeness (QED) is 0.867. The van der Waals surface area contributed by atoms with Gasteiger partial charge in [0.2, 0.25) is 0 Å². The van der Waals surface area contributed by atoms with Crippen molar-refractivity contribution in [1.82, 2.24) is 10.2 Å². The lowest BCUT2D eigenvalue weighted by atomic mass is 10.1. The molecule has 5 nitrogen and oxygen atoms in total. The SMILES string of the molecule is O=C1NC2(CCN(C(=O)c3ccc(F)cc3)C2)OCc2ccccc21. The van der Waals surface area contributed by atoms with E-state index in [9.17, 15) is 14.0 Å². The molecule has 0 aliphatic carbocycles. The Bertz CT molecular complexity index is 837. The third kappa shape index (κ3) is 2.89. The summed E-state index contributed by atoms with van der Waals surface area (Å²) in [6.45, 7) is 1.04. The number of hydrogen-bond donors (Lipinski definition) is 1. The summed E-state index contributed by atoms with van der Waals surface area (Å²) in [5.74, 6) is -0.771. The molecule has 0 saturated carbocycles. The summed E-state index contributed by atoms with van der Waals surface area (Å²) < 4.78 is 19.0. The van der Waals surface area contributed by atoms with Crippen LogP contribution in [0.2, 0.25) is 0 Å². The van der Waals surface area contributed by atoms with Crippen molar-refractivity contribution in [3.05, 3.63) is 71.0 Å². The van der Waals surface area contributed by atoms with Gasteiger partial charge in [-0.15, -0.1) is 0 Å². The molecule has 4 rings (SSSR count). The Labute approximate surface area is 144 Å². The van der Waals surface area contributed by atoms with Gasteiger partial charge < -0.3 is 15.0 Å². The number of rotatable bonds is 1. The highest BCUT2D eigenvalue weighted by atomic mass is 19.1. The minimum absolute atomic E-state index is 0.191. The first-order valence-electron chi connectivity index (χ1n) is 8.16. The highest BCUT2D eigenvalue weighted by Gasteiger charge is 2.44. The third-order valence-corrected chi connectivity index (χ3v) is 4.72. The molecule has 1 saturated heterocycles. The highest BCUT2D eigenvalue weighted by Crippen LogP contribution is 2.29. The predicted octanol–water partition coefficient (Wildman–Crippen LogP) is 2.33. The molecule has 2 aliphatic rings. The van der Waals surface area contributed by atoms with Crippen molar-refractivity contribution in [3.63, 3.8) is 0 Å². The van der Waals surface area contributed by atoms with Gasteiger partial charge >= 0.3 is 0 Å². The van der Waals surface area contributed by atoms with Crippen LogP contribution in [0, 0.1) is 5.82 Å². The van der Waals surface area contributed by atoms with E-state index in [1.54, 1.807) is 11.0 Å². The predicted molar refractivity (Wildman–Crippen MR) is 88.3 cm³/mol. The van der Waals surface area contributed by atoms with Gasteiger partial charge in [-0.3, -0.25) is 9.59 Å². The first kappa shape index (κ1) is 15.8. The molecular formula is C19H17FN2O3. The fourth-order valence-electron chi connectivity index (χ4n) is 3.34. The van der Waals surface area contributed by atoms with Gasteiger partial charge in [0, 0.05) is 24.1 Å². The maximum Gasteiger partial charge on any atom is 0.254 e.